The van der Waals surface area contributed by atoms with Gasteiger partial charge in [-0.05, 0) is 67.1 Å². The summed E-state index contributed by atoms with van der Waals surface area (Å²) < 4.78 is 0. The molecule has 0 atom stereocenters. The van der Waals surface area contributed by atoms with Crippen LogP contribution in [0.4, 0.5) is 11.4 Å². The summed E-state index contributed by atoms with van der Waals surface area (Å²) in [6.07, 6.45) is 3.20. The molecule has 1 heterocycles. The standard InChI is InChI=1S/C26H34N4O3/c1-19-13-15-30(16-14-19)26(33)21-8-10-22(11-9-21)28-24(31)18-27-23-6-4-5-20(17-23)7-12-25(32)29(2)3/h4-6,8-11,17,19,27H,7,12-16,18H2,1-3H3,(H,28,31). The molecule has 0 aromatic heterocycles. The van der Waals surface area contributed by atoms with Crippen LogP contribution in [0.5, 0.6) is 0 Å². The maximum atomic E-state index is 12.7. The molecule has 1 aliphatic heterocycles. The number of rotatable bonds is 8. The van der Waals surface area contributed by atoms with Crippen molar-refractivity contribution in [3.05, 3.63) is 59.7 Å². The number of likely N-dealkylation sites (tertiary alicyclic amines) is 1. The summed E-state index contributed by atoms with van der Waals surface area (Å²) >= 11 is 0. The largest absolute Gasteiger partial charge is 0.376 e. The highest BCUT2D eigenvalue weighted by molar-refractivity contribution is 5.96. The number of anilines is 2. The van der Waals surface area contributed by atoms with E-state index < -0.39 is 0 Å². The van der Waals surface area contributed by atoms with Crippen LogP contribution in [-0.4, -0.2) is 61.3 Å². The molecule has 176 valence electrons. The molecule has 2 aromatic rings. The van der Waals surface area contributed by atoms with Crippen LogP contribution >= 0.6 is 0 Å². The molecule has 7 nitrogen and oxygen atoms in total. The normalized spacial score (nSPS) is 14.0. The highest BCUT2D eigenvalue weighted by Gasteiger charge is 2.21. The van der Waals surface area contributed by atoms with Crippen LogP contribution in [0, 0.1) is 5.92 Å². The van der Waals surface area contributed by atoms with Gasteiger partial charge in [0.2, 0.25) is 11.8 Å². The van der Waals surface area contributed by atoms with E-state index in [0.29, 0.717) is 30.0 Å². The van der Waals surface area contributed by atoms with E-state index in [4.69, 9.17) is 0 Å². The number of hydrogen-bond acceptors (Lipinski definition) is 4. The number of aryl methyl sites for hydroxylation is 1. The highest BCUT2D eigenvalue weighted by Crippen LogP contribution is 2.19. The van der Waals surface area contributed by atoms with Crippen LogP contribution < -0.4 is 10.6 Å². The number of nitrogens with one attached hydrogen (secondary N) is 2. The van der Waals surface area contributed by atoms with Gasteiger partial charge in [0.05, 0.1) is 6.54 Å². The van der Waals surface area contributed by atoms with Gasteiger partial charge < -0.3 is 20.4 Å². The summed E-state index contributed by atoms with van der Waals surface area (Å²) in [5.74, 6) is 0.641. The lowest BCUT2D eigenvalue weighted by atomic mass is 9.98. The van der Waals surface area contributed by atoms with Gasteiger partial charge in [0.1, 0.15) is 0 Å². The number of hydrogen-bond donors (Lipinski definition) is 2. The summed E-state index contributed by atoms with van der Waals surface area (Å²) in [4.78, 5) is 40.3. The first-order chi connectivity index (χ1) is 15.8. The molecule has 0 spiro atoms. The smallest absolute Gasteiger partial charge is 0.253 e. The molecule has 1 saturated heterocycles. The molecule has 1 aliphatic rings. The zero-order valence-corrected chi connectivity index (χ0v) is 19.8. The van der Waals surface area contributed by atoms with Crippen molar-refractivity contribution >= 4 is 29.1 Å². The number of piperidine rings is 1. The number of nitrogens with zero attached hydrogens (tertiary/aromatic N) is 2. The highest BCUT2D eigenvalue weighted by atomic mass is 16.2. The molecule has 0 aliphatic carbocycles. The topological polar surface area (TPSA) is 81.8 Å². The molecule has 0 radical (unpaired) electrons. The summed E-state index contributed by atoms with van der Waals surface area (Å²) in [5, 5.41) is 5.98. The molecule has 2 aromatic carbocycles. The molecule has 3 rings (SSSR count). The Balaban J connectivity index is 1.46. The molecule has 7 heteroatoms. The van der Waals surface area contributed by atoms with Crippen LogP contribution in [-0.2, 0) is 16.0 Å². The van der Waals surface area contributed by atoms with E-state index >= 15 is 0 Å². The molecular formula is C26H34N4O3. The lowest BCUT2D eigenvalue weighted by Crippen LogP contribution is -2.37. The second-order valence-electron chi connectivity index (χ2n) is 8.94. The maximum absolute atomic E-state index is 12.7. The number of benzene rings is 2. The first kappa shape index (κ1) is 24.3. The molecule has 0 unspecified atom stereocenters. The van der Waals surface area contributed by atoms with Crippen LogP contribution in [0.15, 0.2) is 48.5 Å². The summed E-state index contributed by atoms with van der Waals surface area (Å²) in [7, 11) is 3.50. The first-order valence-corrected chi connectivity index (χ1v) is 11.5. The van der Waals surface area contributed by atoms with Gasteiger partial charge in [0.15, 0.2) is 0 Å². The fourth-order valence-electron chi connectivity index (χ4n) is 3.79. The van der Waals surface area contributed by atoms with Gasteiger partial charge in [0, 0.05) is 50.5 Å². The Hall–Kier alpha value is -3.35. The van der Waals surface area contributed by atoms with Gasteiger partial charge >= 0.3 is 0 Å². The molecular weight excluding hydrogens is 416 g/mol. The molecule has 2 N–H and O–H groups in total. The summed E-state index contributed by atoms with van der Waals surface area (Å²) in [5.41, 5.74) is 3.17. The van der Waals surface area contributed by atoms with E-state index in [-0.39, 0.29) is 24.3 Å². The van der Waals surface area contributed by atoms with Crippen molar-refractivity contribution in [1.82, 2.24) is 9.80 Å². The Kier molecular flexibility index (Phi) is 8.46. The third kappa shape index (κ3) is 7.34. The lowest BCUT2D eigenvalue weighted by molar-refractivity contribution is -0.128. The van der Waals surface area contributed by atoms with Gasteiger partial charge in [0.25, 0.3) is 5.91 Å². The van der Waals surface area contributed by atoms with Crippen molar-refractivity contribution in [3.8, 4) is 0 Å². The van der Waals surface area contributed by atoms with Gasteiger partial charge in [-0.2, -0.15) is 0 Å². The van der Waals surface area contributed by atoms with Crippen LogP contribution in [0.2, 0.25) is 0 Å². The number of carbonyl (C=O) groups excluding carboxylic acids is 3. The first-order valence-electron chi connectivity index (χ1n) is 11.5. The van der Waals surface area contributed by atoms with Crippen molar-refractivity contribution in [2.45, 2.75) is 32.6 Å². The predicted octanol–water partition coefficient (Wildman–Crippen LogP) is 3.63. The minimum atomic E-state index is -0.174. The Labute approximate surface area is 196 Å². The SMILES string of the molecule is CC1CCN(C(=O)c2ccc(NC(=O)CNc3cccc(CCC(=O)N(C)C)c3)cc2)CC1. The van der Waals surface area contributed by atoms with Gasteiger partial charge in [-0.15, -0.1) is 0 Å². The van der Waals surface area contributed by atoms with Crippen molar-refractivity contribution in [2.24, 2.45) is 5.92 Å². The minimum absolute atomic E-state index is 0.0496. The van der Waals surface area contributed by atoms with Crippen LogP contribution in [0.1, 0.15) is 42.1 Å². The fourth-order valence-corrected chi connectivity index (χ4v) is 3.79. The average Bonchev–Trinajstić information content (AvgIpc) is 2.82. The Morgan fingerprint density at radius 3 is 2.36 bits per heavy atom. The average molecular weight is 451 g/mol. The van der Waals surface area contributed by atoms with E-state index in [1.54, 1.807) is 43.3 Å². The van der Waals surface area contributed by atoms with Crippen LogP contribution in [0.3, 0.4) is 0 Å². The zero-order chi connectivity index (χ0) is 23.8. The van der Waals surface area contributed by atoms with E-state index in [9.17, 15) is 14.4 Å². The Morgan fingerprint density at radius 2 is 1.70 bits per heavy atom. The second kappa shape index (κ2) is 11.5. The molecule has 0 bridgehead atoms. The molecule has 33 heavy (non-hydrogen) atoms. The van der Waals surface area contributed by atoms with Crippen molar-refractivity contribution < 1.29 is 14.4 Å². The maximum Gasteiger partial charge on any atom is 0.253 e. The van der Waals surface area contributed by atoms with Gasteiger partial charge in [-0.3, -0.25) is 14.4 Å². The Morgan fingerprint density at radius 1 is 1.00 bits per heavy atom. The van der Waals surface area contributed by atoms with Gasteiger partial charge in [-0.1, -0.05) is 19.1 Å². The summed E-state index contributed by atoms with van der Waals surface area (Å²) in [6, 6.07) is 14.8. The lowest BCUT2D eigenvalue weighted by Gasteiger charge is -2.30. The fraction of sp³-hybridized carbons (Fsp3) is 0.423. The summed E-state index contributed by atoms with van der Waals surface area (Å²) in [6.45, 7) is 3.95. The second-order valence-corrected chi connectivity index (χ2v) is 8.94. The van der Waals surface area contributed by atoms with Crippen molar-refractivity contribution in [3.63, 3.8) is 0 Å². The van der Waals surface area contributed by atoms with Gasteiger partial charge in [-0.25, -0.2) is 0 Å². The number of amides is 3. The molecule has 0 saturated carbocycles. The van der Waals surface area contributed by atoms with E-state index in [2.05, 4.69) is 17.6 Å². The Bertz CT molecular complexity index is 964. The number of carbonyl (C=O) groups is 3. The van der Waals surface area contributed by atoms with Crippen LogP contribution in [0.25, 0.3) is 0 Å². The van der Waals surface area contributed by atoms with E-state index in [0.717, 1.165) is 37.2 Å². The van der Waals surface area contributed by atoms with Crippen molar-refractivity contribution in [2.75, 3.05) is 44.4 Å². The minimum Gasteiger partial charge on any atom is -0.376 e. The third-order valence-electron chi connectivity index (χ3n) is 5.99. The van der Waals surface area contributed by atoms with E-state index in [1.165, 1.54) is 0 Å². The third-order valence-corrected chi connectivity index (χ3v) is 5.99. The monoisotopic (exact) mass is 450 g/mol. The van der Waals surface area contributed by atoms with E-state index in [1.807, 2.05) is 29.2 Å². The molecule has 1 fully saturated rings. The quantitative estimate of drug-likeness (QED) is 0.644. The predicted molar refractivity (Wildman–Crippen MR) is 131 cm³/mol. The molecule has 3 amide bonds. The van der Waals surface area contributed by atoms with Crippen molar-refractivity contribution in [1.29, 1.82) is 0 Å². The zero-order valence-electron chi connectivity index (χ0n) is 19.8.